The first kappa shape index (κ1) is 21.6. The average Bonchev–Trinajstić information content (AvgIpc) is 2.62. The number of nitrogens with zero attached hydrogens (tertiary/aromatic N) is 2. The number of hydrogen-bond acceptors (Lipinski definition) is 7. The first-order valence-corrected chi connectivity index (χ1v) is 9.57. The quantitative estimate of drug-likeness (QED) is 0.473. The molecule has 0 bridgehead atoms. The fourth-order valence-electron chi connectivity index (χ4n) is 2.43. The van der Waals surface area contributed by atoms with Crippen LogP contribution >= 0.6 is 11.6 Å². The van der Waals surface area contributed by atoms with Crippen molar-refractivity contribution in [2.24, 2.45) is 0 Å². The summed E-state index contributed by atoms with van der Waals surface area (Å²) in [5.74, 6) is -2.25. The molecule has 1 heterocycles. The van der Waals surface area contributed by atoms with Crippen LogP contribution in [0.3, 0.4) is 0 Å². The third kappa shape index (κ3) is 4.97. The lowest BCUT2D eigenvalue weighted by Gasteiger charge is -2.32. The molecular formula is C15H15ClN3O8S. The Morgan fingerprint density at radius 2 is 2.04 bits per heavy atom. The minimum absolute atomic E-state index is 0.0439. The van der Waals surface area contributed by atoms with Gasteiger partial charge in [0.2, 0.25) is 6.29 Å². The van der Waals surface area contributed by atoms with Crippen LogP contribution in [0.2, 0.25) is 5.02 Å². The van der Waals surface area contributed by atoms with E-state index in [0.717, 1.165) is 12.1 Å². The lowest BCUT2D eigenvalue weighted by Crippen LogP contribution is -2.58. The van der Waals surface area contributed by atoms with Crippen LogP contribution in [0.25, 0.3) is 0 Å². The Labute approximate surface area is 165 Å². The van der Waals surface area contributed by atoms with Crippen molar-refractivity contribution in [1.82, 2.24) is 15.1 Å². The van der Waals surface area contributed by atoms with E-state index in [1.807, 2.05) is 0 Å². The maximum atomic E-state index is 12.3. The van der Waals surface area contributed by atoms with Crippen LogP contribution in [-0.4, -0.2) is 66.5 Å². The van der Waals surface area contributed by atoms with E-state index in [-0.39, 0.29) is 23.7 Å². The second-order valence-electron chi connectivity index (χ2n) is 5.54. The zero-order chi connectivity index (χ0) is 21.1. The number of likely N-dealkylation sites (N-methyl/N-ethyl adjacent to an activating group) is 1. The van der Waals surface area contributed by atoms with E-state index in [2.05, 4.69) is 9.50 Å². The molecule has 1 radical (unpaired) electrons. The Kier molecular flexibility index (Phi) is 6.59. The number of carbonyl (C=O) groups is 3. The monoisotopic (exact) mass is 432 g/mol. The molecule has 11 nitrogen and oxygen atoms in total. The number of halogens is 1. The molecule has 28 heavy (non-hydrogen) atoms. The third-order valence-corrected chi connectivity index (χ3v) is 4.49. The van der Waals surface area contributed by atoms with Crippen LogP contribution < -0.4 is 9.50 Å². The van der Waals surface area contributed by atoms with Gasteiger partial charge >= 0.3 is 28.2 Å². The van der Waals surface area contributed by atoms with Gasteiger partial charge in [-0.2, -0.15) is 8.42 Å². The molecule has 151 valence electrons. The Balaban J connectivity index is 2.15. The third-order valence-electron chi connectivity index (χ3n) is 3.81. The lowest BCUT2D eigenvalue weighted by atomic mass is 10.1. The number of imide groups is 1. The minimum atomic E-state index is -4.80. The van der Waals surface area contributed by atoms with Gasteiger partial charge in [0.05, 0.1) is 5.02 Å². The Bertz CT molecular complexity index is 920. The predicted octanol–water partition coefficient (Wildman–Crippen LogP) is 0.0727. The molecule has 1 aromatic carbocycles. The van der Waals surface area contributed by atoms with Gasteiger partial charge in [-0.1, -0.05) is 17.7 Å². The smallest absolute Gasteiger partial charge is 0.360 e. The molecule has 4 amide bonds. The van der Waals surface area contributed by atoms with Crippen molar-refractivity contribution in [2.75, 3.05) is 19.6 Å². The second kappa shape index (κ2) is 8.54. The molecule has 0 spiro atoms. The number of benzene rings is 1. The maximum Gasteiger partial charge on any atom is 0.446 e. The Morgan fingerprint density at radius 1 is 1.36 bits per heavy atom. The van der Waals surface area contributed by atoms with E-state index < -0.39 is 40.0 Å². The minimum Gasteiger partial charge on any atom is -0.360 e. The molecule has 13 heteroatoms. The Morgan fingerprint density at radius 3 is 2.57 bits per heavy atom. The summed E-state index contributed by atoms with van der Waals surface area (Å²) in [4.78, 5) is 49.4. The second-order valence-corrected chi connectivity index (χ2v) is 6.97. The number of urea groups is 1. The average molecular weight is 433 g/mol. The lowest BCUT2D eigenvalue weighted by molar-refractivity contribution is -0.153. The number of piperazine rings is 1. The van der Waals surface area contributed by atoms with E-state index in [4.69, 9.17) is 16.2 Å². The van der Waals surface area contributed by atoms with Gasteiger partial charge in [-0.25, -0.2) is 4.79 Å². The fourth-order valence-corrected chi connectivity index (χ4v) is 3.08. The van der Waals surface area contributed by atoms with E-state index in [1.165, 1.54) is 11.0 Å². The summed E-state index contributed by atoms with van der Waals surface area (Å²) >= 11 is 5.84. The molecule has 1 aliphatic heterocycles. The van der Waals surface area contributed by atoms with E-state index in [0.29, 0.717) is 11.4 Å². The summed E-state index contributed by atoms with van der Waals surface area (Å²) in [6, 6.07) is 1.02. The Hall–Kier alpha value is -2.70. The topological polar surface area (TPSA) is 150 Å². The molecule has 0 aliphatic carbocycles. The SMILES string of the molecule is CCN1CCN(C(=O)NC([C]=O)c2ccc(OS(=O)(=O)O)c(Cl)c2)C(=O)C1=O. The van der Waals surface area contributed by atoms with Crippen molar-refractivity contribution in [3.8, 4) is 5.75 Å². The molecular weight excluding hydrogens is 418 g/mol. The summed E-state index contributed by atoms with van der Waals surface area (Å²) in [6.45, 7) is 2.13. The van der Waals surface area contributed by atoms with Gasteiger partial charge in [0.25, 0.3) is 0 Å². The van der Waals surface area contributed by atoms with Crippen LogP contribution in [-0.2, 0) is 24.8 Å². The highest BCUT2D eigenvalue weighted by atomic mass is 35.5. The molecule has 1 unspecified atom stereocenters. The predicted molar refractivity (Wildman–Crippen MR) is 94.6 cm³/mol. The van der Waals surface area contributed by atoms with Gasteiger partial charge in [-0.15, -0.1) is 0 Å². The van der Waals surface area contributed by atoms with Crippen LogP contribution in [0.5, 0.6) is 5.75 Å². The molecule has 1 aliphatic rings. The van der Waals surface area contributed by atoms with Gasteiger partial charge < -0.3 is 14.4 Å². The number of hydrogen-bond donors (Lipinski definition) is 2. The summed E-state index contributed by atoms with van der Waals surface area (Å²) in [5.41, 5.74) is 0.0991. The molecule has 2 N–H and O–H groups in total. The van der Waals surface area contributed by atoms with E-state index in [9.17, 15) is 27.6 Å². The van der Waals surface area contributed by atoms with Crippen molar-refractivity contribution >= 4 is 46.1 Å². The highest BCUT2D eigenvalue weighted by Gasteiger charge is 2.36. The zero-order valence-electron chi connectivity index (χ0n) is 14.4. The highest BCUT2D eigenvalue weighted by molar-refractivity contribution is 7.81. The van der Waals surface area contributed by atoms with Crippen molar-refractivity contribution < 1.29 is 36.3 Å². The summed E-state index contributed by atoms with van der Waals surface area (Å²) < 4.78 is 34.4. The van der Waals surface area contributed by atoms with E-state index >= 15 is 0 Å². The standard InChI is InChI=1S/C15H15ClN3O8S/c1-2-18-5-6-19(14(22)13(18)21)15(23)17-11(8-20)9-3-4-12(10(16)7-9)27-28(24,25)26/h3-4,7,11H,2,5-6H2,1H3,(H,17,23)(H,24,25,26). The molecule has 0 aromatic heterocycles. The molecule has 1 saturated heterocycles. The normalized spacial score (nSPS) is 16.0. The fraction of sp³-hybridized carbons (Fsp3) is 0.333. The largest absolute Gasteiger partial charge is 0.446 e. The van der Waals surface area contributed by atoms with E-state index in [1.54, 1.807) is 13.2 Å². The number of carbonyl (C=O) groups excluding carboxylic acids is 4. The van der Waals surface area contributed by atoms with Crippen LogP contribution in [0, 0.1) is 0 Å². The van der Waals surface area contributed by atoms with Crippen molar-refractivity contribution in [3.63, 3.8) is 0 Å². The number of amides is 4. The summed E-state index contributed by atoms with van der Waals surface area (Å²) in [5, 5.41) is 1.97. The molecule has 2 rings (SSSR count). The van der Waals surface area contributed by atoms with Gasteiger partial charge in [0.1, 0.15) is 6.04 Å². The van der Waals surface area contributed by atoms with Gasteiger partial charge in [0.15, 0.2) is 5.75 Å². The molecule has 0 saturated carbocycles. The van der Waals surface area contributed by atoms with Crippen molar-refractivity contribution in [1.29, 1.82) is 0 Å². The van der Waals surface area contributed by atoms with Gasteiger partial charge in [0, 0.05) is 19.6 Å². The first-order chi connectivity index (χ1) is 13.1. The van der Waals surface area contributed by atoms with Gasteiger partial charge in [-0.05, 0) is 24.6 Å². The summed E-state index contributed by atoms with van der Waals surface area (Å²) in [6.07, 6.45) is 1.55. The number of nitrogens with one attached hydrogen (secondary N) is 1. The van der Waals surface area contributed by atoms with Crippen LogP contribution in [0.15, 0.2) is 18.2 Å². The van der Waals surface area contributed by atoms with Gasteiger partial charge in [-0.3, -0.25) is 23.8 Å². The number of rotatable bonds is 6. The first-order valence-electron chi connectivity index (χ1n) is 7.82. The van der Waals surface area contributed by atoms with Crippen LogP contribution in [0.1, 0.15) is 18.5 Å². The van der Waals surface area contributed by atoms with Crippen molar-refractivity contribution in [2.45, 2.75) is 13.0 Å². The highest BCUT2D eigenvalue weighted by Crippen LogP contribution is 2.28. The molecule has 1 fully saturated rings. The zero-order valence-corrected chi connectivity index (χ0v) is 16.0. The maximum absolute atomic E-state index is 12.3. The summed E-state index contributed by atoms with van der Waals surface area (Å²) in [7, 11) is -4.80. The molecule has 1 aromatic rings. The van der Waals surface area contributed by atoms with Crippen LogP contribution in [0.4, 0.5) is 4.79 Å². The van der Waals surface area contributed by atoms with Crippen molar-refractivity contribution in [3.05, 3.63) is 28.8 Å². The molecule has 1 atom stereocenters.